The van der Waals surface area contributed by atoms with Gasteiger partial charge in [-0.15, -0.1) is 0 Å². The van der Waals surface area contributed by atoms with Crippen molar-refractivity contribution in [3.05, 3.63) is 22.3 Å². The summed E-state index contributed by atoms with van der Waals surface area (Å²) in [6.45, 7) is 14.3. The Morgan fingerprint density at radius 2 is 1.33 bits per heavy atom. The molecule has 0 spiro atoms. The molecule has 4 nitrogen and oxygen atoms in total. The van der Waals surface area contributed by atoms with Crippen LogP contribution in [0.3, 0.4) is 0 Å². The summed E-state index contributed by atoms with van der Waals surface area (Å²) in [6, 6.07) is 1.88. The molecule has 4 heteroatoms. The molecular weight excluding hydrogens is 410 g/mol. The first-order valence-corrected chi connectivity index (χ1v) is 13.0. The molecule has 0 radical (unpaired) electrons. The summed E-state index contributed by atoms with van der Waals surface area (Å²) in [4.78, 5) is 25.0. The van der Waals surface area contributed by atoms with E-state index in [2.05, 4.69) is 27.7 Å². The molecule has 0 aromatic heterocycles. The molecular formula is C29H47NO3. The number of carbonyl (C=O) groups excluding carboxylic acids is 2. The van der Waals surface area contributed by atoms with Crippen LogP contribution in [0.15, 0.2) is 22.3 Å². The van der Waals surface area contributed by atoms with E-state index >= 15 is 0 Å². The minimum atomic E-state index is -0.885. The molecule has 0 saturated carbocycles. The Morgan fingerprint density at radius 3 is 1.85 bits per heavy atom. The maximum absolute atomic E-state index is 12.6. The molecule has 0 saturated heterocycles. The van der Waals surface area contributed by atoms with E-state index in [1.54, 1.807) is 6.92 Å². The second-order valence-corrected chi connectivity index (χ2v) is 11.2. The molecule has 0 fully saturated rings. The SMILES string of the molecule is CC1=C(C#N)C(=O)C(CCC(C)(O)CCCC(C)CCCC(C)CCCC(C)C)=C(C)C1=O. The van der Waals surface area contributed by atoms with Gasteiger partial charge in [-0.1, -0.05) is 79.1 Å². The van der Waals surface area contributed by atoms with Gasteiger partial charge in [0.2, 0.25) is 0 Å². The van der Waals surface area contributed by atoms with Crippen LogP contribution in [0.4, 0.5) is 0 Å². The Balaban J connectivity index is 2.37. The van der Waals surface area contributed by atoms with E-state index < -0.39 is 5.60 Å². The molecule has 0 bridgehead atoms. The van der Waals surface area contributed by atoms with E-state index in [1.807, 2.05) is 13.0 Å². The average molecular weight is 458 g/mol. The summed E-state index contributed by atoms with van der Waals surface area (Å²) in [5, 5.41) is 20.1. The van der Waals surface area contributed by atoms with Gasteiger partial charge >= 0.3 is 0 Å². The van der Waals surface area contributed by atoms with Crippen LogP contribution in [-0.4, -0.2) is 22.3 Å². The fourth-order valence-electron chi connectivity index (χ4n) is 4.79. The second-order valence-electron chi connectivity index (χ2n) is 11.2. The van der Waals surface area contributed by atoms with Crippen LogP contribution >= 0.6 is 0 Å². The first-order valence-electron chi connectivity index (χ1n) is 13.0. The van der Waals surface area contributed by atoms with Gasteiger partial charge in [-0.2, -0.15) is 5.26 Å². The summed E-state index contributed by atoms with van der Waals surface area (Å²) >= 11 is 0. The standard InChI is InChI=1S/C29H47NO3/c1-20(2)11-8-12-21(3)13-9-14-22(4)15-10-17-29(7,33)18-16-25-23(5)27(31)24(6)26(19-30)28(25)32/h20-22,33H,8-18H2,1-7H3. The van der Waals surface area contributed by atoms with Crippen molar-refractivity contribution in [1.82, 2.24) is 0 Å². The topological polar surface area (TPSA) is 78.2 Å². The third-order valence-corrected chi connectivity index (χ3v) is 7.32. The number of Topliss-reactive ketones (excluding diaryl/α,β-unsaturated/α-hetero) is 2. The van der Waals surface area contributed by atoms with Gasteiger partial charge in [0, 0.05) is 16.7 Å². The Kier molecular flexibility index (Phi) is 12.3. The predicted molar refractivity (Wildman–Crippen MR) is 136 cm³/mol. The number of hydrogen-bond acceptors (Lipinski definition) is 4. The molecule has 1 aliphatic carbocycles. The third kappa shape index (κ3) is 9.97. The van der Waals surface area contributed by atoms with E-state index in [9.17, 15) is 20.0 Å². The van der Waals surface area contributed by atoms with E-state index in [1.165, 1.54) is 45.4 Å². The van der Waals surface area contributed by atoms with Crippen molar-refractivity contribution in [2.24, 2.45) is 17.8 Å². The molecule has 1 aliphatic rings. The fraction of sp³-hybridized carbons (Fsp3) is 0.759. The normalized spacial score (nSPS) is 18.5. The van der Waals surface area contributed by atoms with Crippen LogP contribution in [0.2, 0.25) is 0 Å². The van der Waals surface area contributed by atoms with E-state index in [0.717, 1.165) is 24.7 Å². The summed E-state index contributed by atoms with van der Waals surface area (Å²) in [6.07, 6.45) is 11.3. The van der Waals surface area contributed by atoms with Gasteiger partial charge in [0.15, 0.2) is 11.6 Å². The van der Waals surface area contributed by atoms with E-state index in [4.69, 9.17) is 0 Å². The van der Waals surface area contributed by atoms with Crippen LogP contribution in [0.5, 0.6) is 0 Å². The summed E-state index contributed by atoms with van der Waals surface area (Å²) in [5.41, 5.74) is 0.0972. The van der Waals surface area contributed by atoms with Crippen molar-refractivity contribution in [3.8, 4) is 6.07 Å². The Bertz CT molecular complexity index is 779. The van der Waals surface area contributed by atoms with Crippen molar-refractivity contribution < 1.29 is 14.7 Å². The fourth-order valence-corrected chi connectivity index (χ4v) is 4.79. The molecule has 1 rings (SSSR count). The monoisotopic (exact) mass is 457 g/mol. The van der Waals surface area contributed by atoms with Crippen LogP contribution in [-0.2, 0) is 9.59 Å². The summed E-state index contributed by atoms with van der Waals surface area (Å²) < 4.78 is 0. The largest absolute Gasteiger partial charge is 0.390 e. The lowest BCUT2D eigenvalue weighted by molar-refractivity contribution is -0.116. The average Bonchev–Trinajstić information content (AvgIpc) is 2.72. The lowest BCUT2D eigenvalue weighted by Gasteiger charge is -2.26. The maximum atomic E-state index is 12.6. The van der Waals surface area contributed by atoms with E-state index in [0.29, 0.717) is 36.3 Å². The molecule has 1 N–H and O–H groups in total. The zero-order chi connectivity index (χ0) is 25.2. The number of hydrogen-bond donors (Lipinski definition) is 1. The van der Waals surface area contributed by atoms with Crippen molar-refractivity contribution in [2.45, 2.75) is 125 Å². The number of ketones is 2. The van der Waals surface area contributed by atoms with Gasteiger partial charge in [-0.05, 0) is 57.8 Å². The maximum Gasteiger partial charge on any atom is 0.200 e. The lowest BCUT2D eigenvalue weighted by Crippen LogP contribution is -2.27. The van der Waals surface area contributed by atoms with E-state index in [-0.39, 0.29) is 22.7 Å². The van der Waals surface area contributed by atoms with Gasteiger partial charge < -0.3 is 5.11 Å². The highest BCUT2D eigenvalue weighted by molar-refractivity contribution is 6.26. The smallest absolute Gasteiger partial charge is 0.200 e. The number of carbonyl (C=O) groups is 2. The molecule has 0 heterocycles. The number of aliphatic hydroxyl groups is 1. The number of rotatable bonds is 15. The first-order chi connectivity index (χ1) is 15.4. The minimum absolute atomic E-state index is 0.0525. The van der Waals surface area contributed by atoms with Gasteiger partial charge in [-0.3, -0.25) is 9.59 Å². The Morgan fingerprint density at radius 1 is 0.818 bits per heavy atom. The molecule has 33 heavy (non-hydrogen) atoms. The highest BCUT2D eigenvalue weighted by Crippen LogP contribution is 2.31. The van der Waals surface area contributed by atoms with Gasteiger partial charge in [-0.25, -0.2) is 0 Å². The Hall–Kier alpha value is -1.73. The second kappa shape index (κ2) is 13.9. The quantitative estimate of drug-likeness (QED) is 0.262. The lowest BCUT2D eigenvalue weighted by atomic mass is 9.81. The molecule has 3 unspecified atom stereocenters. The zero-order valence-electron chi connectivity index (χ0n) is 22.2. The first kappa shape index (κ1) is 29.3. The molecule has 3 atom stereocenters. The van der Waals surface area contributed by atoms with Crippen molar-refractivity contribution in [1.29, 1.82) is 5.26 Å². The zero-order valence-corrected chi connectivity index (χ0v) is 22.2. The van der Waals surface area contributed by atoms with Gasteiger partial charge in [0.25, 0.3) is 0 Å². The van der Waals surface area contributed by atoms with Gasteiger partial charge in [0.05, 0.1) is 5.60 Å². The molecule has 0 aliphatic heterocycles. The summed E-state index contributed by atoms with van der Waals surface area (Å²) in [5.74, 6) is 1.68. The highest BCUT2D eigenvalue weighted by atomic mass is 16.3. The van der Waals surface area contributed by atoms with Crippen LogP contribution in [0.25, 0.3) is 0 Å². The van der Waals surface area contributed by atoms with Crippen molar-refractivity contribution in [2.75, 3.05) is 0 Å². The van der Waals surface area contributed by atoms with Crippen LogP contribution in [0, 0.1) is 29.1 Å². The van der Waals surface area contributed by atoms with Crippen molar-refractivity contribution in [3.63, 3.8) is 0 Å². The van der Waals surface area contributed by atoms with Crippen LogP contribution < -0.4 is 0 Å². The minimum Gasteiger partial charge on any atom is -0.390 e. The highest BCUT2D eigenvalue weighted by Gasteiger charge is 2.31. The van der Waals surface area contributed by atoms with Crippen molar-refractivity contribution >= 4 is 11.6 Å². The van der Waals surface area contributed by atoms with Gasteiger partial charge in [0.1, 0.15) is 11.6 Å². The Labute approximate surface area is 202 Å². The molecule has 0 aromatic carbocycles. The number of nitrogens with zero attached hydrogens (tertiary/aromatic N) is 1. The predicted octanol–water partition coefficient (Wildman–Crippen LogP) is 7.27. The third-order valence-electron chi connectivity index (χ3n) is 7.32. The molecule has 0 amide bonds. The number of nitriles is 1. The van der Waals surface area contributed by atoms with Crippen LogP contribution in [0.1, 0.15) is 119 Å². The summed E-state index contributed by atoms with van der Waals surface area (Å²) in [7, 11) is 0. The molecule has 186 valence electrons. The molecule has 0 aromatic rings. The number of allylic oxidation sites excluding steroid dienone is 4.